The van der Waals surface area contributed by atoms with E-state index in [2.05, 4.69) is 5.32 Å². The molecule has 2 atom stereocenters. The molecule has 0 spiro atoms. The zero-order valence-corrected chi connectivity index (χ0v) is 12.8. The van der Waals surface area contributed by atoms with E-state index in [0.29, 0.717) is 29.8 Å². The SMILES string of the molecule is COc1ccc(NC(=O)C(C)N(C)C2CCOC2)c(N)c1. The maximum Gasteiger partial charge on any atom is 0.241 e. The fourth-order valence-electron chi connectivity index (χ4n) is 2.36. The van der Waals surface area contributed by atoms with Crippen LogP contribution in [-0.4, -0.2) is 50.3 Å². The lowest BCUT2D eigenvalue weighted by Crippen LogP contribution is -2.45. The van der Waals surface area contributed by atoms with Gasteiger partial charge in [-0.2, -0.15) is 0 Å². The number of carbonyl (C=O) groups is 1. The van der Waals surface area contributed by atoms with Crippen molar-refractivity contribution in [3.8, 4) is 5.75 Å². The highest BCUT2D eigenvalue weighted by atomic mass is 16.5. The van der Waals surface area contributed by atoms with Crippen LogP contribution in [-0.2, 0) is 9.53 Å². The molecule has 6 nitrogen and oxygen atoms in total. The fraction of sp³-hybridized carbons (Fsp3) is 0.533. The van der Waals surface area contributed by atoms with Crippen LogP contribution in [0.1, 0.15) is 13.3 Å². The molecule has 0 bridgehead atoms. The third kappa shape index (κ3) is 3.65. The first kappa shape index (κ1) is 15.6. The number of ether oxygens (including phenoxy) is 2. The molecule has 1 aromatic rings. The number of nitrogens with two attached hydrogens (primary N) is 1. The Kier molecular flexibility index (Phi) is 5.03. The Bertz CT molecular complexity index is 501. The van der Waals surface area contributed by atoms with E-state index in [9.17, 15) is 4.79 Å². The molecule has 21 heavy (non-hydrogen) atoms. The number of methoxy groups -OCH3 is 1. The topological polar surface area (TPSA) is 76.8 Å². The number of hydrogen-bond acceptors (Lipinski definition) is 5. The first-order valence-corrected chi connectivity index (χ1v) is 7.07. The third-order valence-corrected chi connectivity index (χ3v) is 3.99. The Balaban J connectivity index is 1.99. The summed E-state index contributed by atoms with van der Waals surface area (Å²) in [5, 5.41) is 2.86. The van der Waals surface area contributed by atoms with Crippen LogP contribution in [0.4, 0.5) is 11.4 Å². The van der Waals surface area contributed by atoms with Crippen LogP contribution < -0.4 is 15.8 Å². The second-order valence-corrected chi connectivity index (χ2v) is 5.30. The molecule has 2 rings (SSSR count). The van der Waals surface area contributed by atoms with Crippen molar-refractivity contribution in [2.24, 2.45) is 0 Å². The van der Waals surface area contributed by atoms with Crippen LogP contribution in [0.3, 0.4) is 0 Å². The molecular weight excluding hydrogens is 270 g/mol. The molecule has 1 aliphatic heterocycles. The molecule has 0 aliphatic carbocycles. The van der Waals surface area contributed by atoms with Crippen LogP contribution in [0.5, 0.6) is 5.75 Å². The molecular formula is C15H23N3O3. The summed E-state index contributed by atoms with van der Waals surface area (Å²) in [7, 11) is 3.52. The number of rotatable bonds is 5. The summed E-state index contributed by atoms with van der Waals surface area (Å²) in [6, 6.07) is 5.24. The number of anilines is 2. The van der Waals surface area contributed by atoms with E-state index in [1.165, 1.54) is 0 Å². The van der Waals surface area contributed by atoms with E-state index in [1.807, 2.05) is 18.9 Å². The zero-order valence-electron chi connectivity index (χ0n) is 12.8. The van der Waals surface area contributed by atoms with E-state index in [4.69, 9.17) is 15.2 Å². The highest BCUT2D eigenvalue weighted by Gasteiger charge is 2.27. The van der Waals surface area contributed by atoms with Crippen molar-refractivity contribution in [1.29, 1.82) is 0 Å². The van der Waals surface area contributed by atoms with Gasteiger partial charge in [0.2, 0.25) is 5.91 Å². The minimum atomic E-state index is -0.252. The van der Waals surface area contributed by atoms with E-state index >= 15 is 0 Å². The molecule has 1 fully saturated rings. The minimum absolute atomic E-state index is 0.0822. The van der Waals surface area contributed by atoms with E-state index in [-0.39, 0.29) is 11.9 Å². The van der Waals surface area contributed by atoms with Crippen LogP contribution in [0.15, 0.2) is 18.2 Å². The van der Waals surface area contributed by atoms with Gasteiger partial charge in [0.05, 0.1) is 31.1 Å². The molecule has 1 heterocycles. The summed E-state index contributed by atoms with van der Waals surface area (Å²) in [5.74, 6) is 0.583. The van der Waals surface area contributed by atoms with Crippen LogP contribution >= 0.6 is 0 Å². The van der Waals surface area contributed by atoms with Crippen molar-refractivity contribution in [2.45, 2.75) is 25.4 Å². The van der Waals surface area contributed by atoms with Crippen LogP contribution in [0, 0.1) is 0 Å². The highest BCUT2D eigenvalue weighted by Crippen LogP contribution is 2.24. The number of carbonyl (C=O) groups excluding carboxylic acids is 1. The van der Waals surface area contributed by atoms with Crippen molar-refractivity contribution in [2.75, 3.05) is 38.4 Å². The number of nitrogens with one attached hydrogen (secondary N) is 1. The Hall–Kier alpha value is -1.79. The smallest absolute Gasteiger partial charge is 0.241 e. The Morgan fingerprint density at radius 3 is 2.90 bits per heavy atom. The van der Waals surface area contributed by atoms with Crippen LogP contribution in [0.2, 0.25) is 0 Å². The molecule has 6 heteroatoms. The zero-order chi connectivity index (χ0) is 15.4. The molecule has 1 saturated heterocycles. The van der Waals surface area contributed by atoms with Gasteiger partial charge in [0, 0.05) is 18.7 Å². The van der Waals surface area contributed by atoms with Gasteiger partial charge in [-0.05, 0) is 32.5 Å². The summed E-state index contributed by atoms with van der Waals surface area (Å²) in [4.78, 5) is 14.4. The predicted octanol–water partition coefficient (Wildman–Crippen LogP) is 1.33. The Morgan fingerprint density at radius 1 is 1.57 bits per heavy atom. The number of benzene rings is 1. The molecule has 1 aromatic carbocycles. The van der Waals surface area contributed by atoms with Crippen LogP contribution in [0.25, 0.3) is 0 Å². The second kappa shape index (κ2) is 6.78. The average molecular weight is 293 g/mol. The van der Waals surface area contributed by atoms with Crippen molar-refractivity contribution in [1.82, 2.24) is 4.90 Å². The maximum atomic E-state index is 12.3. The Morgan fingerprint density at radius 2 is 2.33 bits per heavy atom. The normalized spacial score (nSPS) is 19.5. The summed E-state index contributed by atoms with van der Waals surface area (Å²) >= 11 is 0. The largest absolute Gasteiger partial charge is 0.497 e. The van der Waals surface area contributed by atoms with Gasteiger partial charge in [-0.1, -0.05) is 0 Å². The summed E-state index contributed by atoms with van der Waals surface area (Å²) in [6.45, 7) is 3.32. The maximum absolute atomic E-state index is 12.3. The fourth-order valence-corrected chi connectivity index (χ4v) is 2.36. The Labute approximate surface area is 125 Å². The standard InChI is InChI=1S/C15H23N3O3/c1-10(18(2)11-6-7-21-9-11)15(19)17-14-5-4-12(20-3)8-13(14)16/h4-5,8,10-11H,6-7,9,16H2,1-3H3,(H,17,19). The lowest BCUT2D eigenvalue weighted by Gasteiger charge is -2.28. The first-order valence-electron chi connectivity index (χ1n) is 7.07. The van der Waals surface area contributed by atoms with Gasteiger partial charge in [0.1, 0.15) is 5.75 Å². The van der Waals surface area contributed by atoms with Gasteiger partial charge in [-0.25, -0.2) is 0 Å². The summed E-state index contributed by atoms with van der Waals surface area (Å²) < 4.78 is 10.5. The number of hydrogen-bond donors (Lipinski definition) is 2. The van der Waals surface area contributed by atoms with Gasteiger partial charge < -0.3 is 20.5 Å². The van der Waals surface area contributed by atoms with Gasteiger partial charge in [0.25, 0.3) is 0 Å². The second-order valence-electron chi connectivity index (χ2n) is 5.30. The van der Waals surface area contributed by atoms with Crippen molar-refractivity contribution in [3.63, 3.8) is 0 Å². The monoisotopic (exact) mass is 293 g/mol. The van der Waals surface area contributed by atoms with Crippen molar-refractivity contribution >= 4 is 17.3 Å². The molecule has 116 valence electrons. The number of nitrogen functional groups attached to an aromatic ring is 1. The van der Waals surface area contributed by atoms with Crippen molar-refractivity contribution in [3.05, 3.63) is 18.2 Å². The molecule has 0 saturated carbocycles. The minimum Gasteiger partial charge on any atom is -0.497 e. The molecule has 3 N–H and O–H groups in total. The number of likely N-dealkylation sites (N-methyl/N-ethyl adjacent to an activating group) is 1. The lowest BCUT2D eigenvalue weighted by molar-refractivity contribution is -0.121. The predicted molar refractivity (Wildman–Crippen MR) is 82.5 cm³/mol. The van der Waals surface area contributed by atoms with E-state index in [0.717, 1.165) is 13.0 Å². The quantitative estimate of drug-likeness (QED) is 0.801. The van der Waals surface area contributed by atoms with Gasteiger partial charge in [0.15, 0.2) is 0 Å². The lowest BCUT2D eigenvalue weighted by atomic mass is 10.1. The van der Waals surface area contributed by atoms with Gasteiger partial charge in [-0.15, -0.1) is 0 Å². The molecule has 0 aromatic heterocycles. The molecule has 1 aliphatic rings. The van der Waals surface area contributed by atoms with Crippen molar-refractivity contribution < 1.29 is 14.3 Å². The van der Waals surface area contributed by atoms with Gasteiger partial charge >= 0.3 is 0 Å². The van der Waals surface area contributed by atoms with E-state index < -0.39 is 0 Å². The average Bonchev–Trinajstić information content (AvgIpc) is 3.01. The number of nitrogens with zero attached hydrogens (tertiary/aromatic N) is 1. The summed E-state index contributed by atoms with van der Waals surface area (Å²) in [6.07, 6.45) is 0.957. The van der Waals surface area contributed by atoms with E-state index in [1.54, 1.807) is 25.3 Å². The highest BCUT2D eigenvalue weighted by molar-refractivity contribution is 5.97. The summed E-state index contributed by atoms with van der Waals surface area (Å²) in [5.41, 5.74) is 7.00. The first-order chi connectivity index (χ1) is 10.0. The third-order valence-electron chi connectivity index (χ3n) is 3.99. The van der Waals surface area contributed by atoms with Gasteiger partial charge in [-0.3, -0.25) is 9.69 Å². The molecule has 1 amide bonds. The molecule has 0 radical (unpaired) electrons. The molecule has 2 unspecified atom stereocenters. The number of amides is 1.